The first-order valence-corrected chi connectivity index (χ1v) is 14.0. The Morgan fingerprint density at radius 1 is 1.19 bits per heavy atom. The number of allylic oxidation sites excluding steroid dienone is 1. The number of aromatic nitrogens is 1. The van der Waals surface area contributed by atoms with Crippen molar-refractivity contribution in [2.24, 2.45) is 4.99 Å². The van der Waals surface area contributed by atoms with Crippen LogP contribution in [0.2, 0.25) is 0 Å². The van der Waals surface area contributed by atoms with Crippen molar-refractivity contribution in [3.8, 4) is 11.5 Å². The number of fused-ring (bicyclic) bond motifs is 1. The molecule has 37 heavy (non-hydrogen) atoms. The molecule has 1 aromatic heterocycles. The normalized spacial score (nSPS) is 15.5. The van der Waals surface area contributed by atoms with Crippen molar-refractivity contribution >= 4 is 55.2 Å². The molecule has 1 atom stereocenters. The quantitative estimate of drug-likeness (QED) is 0.332. The average molecular weight is 650 g/mol. The molecule has 0 bridgehead atoms. The van der Waals surface area contributed by atoms with Crippen LogP contribution in [0.25, 0.3) is 6.08 Å². The Labute approximate surface area is 235 Å². The van der Waals surface area contributed by atoms with E-state index >= 15 is 0 Å². The lowest BCUT2D eigenvalue weighted by atomic mass is 9.96. The molecule has 1 aliphatic rings. The summed E-state index contributed by atoms with van der Waals surface area (Å²) in [6, 6.07) is 10.4. The molecule has 0 unspecified atom stereocenters. The van der Waals surface area contributed by atoms with Gasteiger partial charge in [0.05, 0.1) is 46.1 Å². The van der Waals surface area contributed by atoms with Crippen LogP contribution in [0.3, 0.4) is 0 Å². The number of benzene rings is 2. The van der Waals surface area contributed by atoms with Crippen molar-refractivity contribution in [3.05, 3.63) is 87.4 Å². The van der Waals surface area contributed by atoms with Gasteiger partial charge in [-0.05, 0) is 85.6 Å². The van der Waals surface area contributed by atoms with Crippen LogP contribution >= 0.6 is 43.2 Å². The van der Waals surface area contributed by atoms with Crippen molar-refractivity contribution in [3.63, 3.8) is 0 Å². The number of thiazole rings is 1. The zero-order valence-corrected chi connectivity index (χ0v) is 25.0. The lowest BCUT2D eigenvalue weighted by Gasteiger charge is -2.25. The van der Waals surface area contributed by atoms with Gasteiger partial charge < -0.3 is 14.2 Å². The summed E-state index contributed by atoms with van der Waals surface area (Å²) < 4.78 is 20.3. The van der Waals surface area contributed by atoms with Gasteiger partial charge in [0.25, 0.3) is 5.56 Å². The second-order valence-electron chi connectivity index (χ2n) is 8.55. The number of esters is 1. The standard InChI is InChI=1S/C27H26Br2N2O5S/c1-6-35-26(33)23-15(4)30-27-31(24(23)16-7-9-21(34-5)19(29)12-16)25(32)22(37-27)13-17-11-18(28)8-10-20(17)36-14(2)3/h7-14,24H,6H2,1-5H3/b22-13+/t24-/m1/s1. The minimum atomic E-state index is -0.714. The largest absolute Gasteiger partial charge is 0.496 e. The smallest absolute Gasteiger partial charge is 0.338 e. The first kappa shape index (κ1) is 27.3. The summed E-state index contributed by atoms with van der Waals surface area (Å²) in [5.41, 5.74) is 2.06. The Morgan fingerprint density at radius 2 is 1.92 bits per heavy atom. The zero-order chi connectivity index (χ0) is 26.9. The van der Waals surface area contributed by atoms with Gasteiger partial charge in [-0.15, -0.1) is 0 Å². The van der Waals surface area contributed by atoms with E-state index in [4.69, 9.17) is 14.2 Å². The van der Waals surface area contributed by atoms with Crippen molar-refractivity contribution in [2.75, 3.05) is 13.7 Å². The average Bonchev–Trinajstić information content (AvgIpc) is 3.14. The van der Waals surface area contributed by atoms with Crippen LogP contribution in [0.5, 0.6) is 11.5 Å². The highest BCUT2D eigenvalue weighted by Crippen LogP contribution is 2.35. The maximum absolute atomic E-state index is 13.9. The summed E-state index contributed by atoms with van der Waals surface area (Å²) in [5, 5.41) is 0. The third-order valence-corrected chi connectivity index (χ3v) is 7.73. The lowest BCUT2D eigenvalue weighted by Crippen LogP contribution is -2.40. The SMILES string of the molecule is CCOC(=O)C1=C(C)N=c2s/c(=C/c3cc(Br)ccc3OC(C)C)c(=O)n2[C@@H]1c1ccc(OC)c(Br)c1. The maximum atomic E-state index is 13.9. The molecule has 3 aromatic rings. The fraction of sp³-hybridized carbons (Fsp3) is 0.296. The van der Waals surface area contributed by atoms with E-state index in [0.29, 0.717) is 36.6 Å². The number of carbonyl (C=O) groups is 1. The van der Waals surface area contributed by atoms with E-state index in [1.54, 1.807) is 37.7 Å². The maximum Gasteiger partial charge on any atom is 0.338 e. The molecule has 4 rings (SSSR count). The minimum Gasteiger partial charge on any atom is -0.496 e. The van der Waals surface area contributed by atoms with E-state index in [2.05, 4.69) is 36.9 Å². The lowest BCUT2D eigenvalue weighted by molar-refractivity contribution is -0.139. The second-order valence-corrected chi connectivity index (χ2v) is 11.3. The number of hydrogen-bond acceptors (Lipinski definition) is 7. The van der Waals surface area contributed by atoms with E-state index in [1.165, 1.54) is 11.3 Å². The molecule has 2 aromatic carbocycles. The molecule has 194 valence electrons. The predicted molar refractivity (Wildman–Crippen MR) is 151 cm³/mol. The summed E-state index contributed by atoms with van der Waals surface area (Å²) in [6.07, 6.45) is 1.77. The molecule has 1 aliphatic heterocycles. The highest BCUT2D eigenvalue weighted by Gasteiger charge is 2.33. The van der Waals surface area contributed by atoms with Crippen LogP contribution in [0.15, 0.2) is 66.4 Å². The van der Waals surface area contributed by atoms with Crippen LogP contribution in [-0.4, -0.2) is 30.4 Å². The molecule has 10 heteroatoms. The predicted octanol–water partition coefficient (Wildman–Crippen LogP) is 5.12. The summed E-state index contributed by atoms with van der Waals surface area (Å²) in [5.74, 6) is 0.805. The molecule has 0 aliphatic carbocycles. The summed E-state index contributed by atoms with van der Waals surface area (Å²) in [7, 11) is 1.58. The number of halogens is 2. The molecule has 0 amide bonds. The first-order chi connectivity index (χ1) is 17.6. The number of rotatable bonds is 7. The van der Waals surface area contributed by atoms with E-state index in [1.807, 2.05) is 44.2 Å². The molecular formula is C27H26Br2N2O5S. The summed E-state index contributed by atoms with van der Waals surface area (Å²) >= 11 is 8.30. The number of hydrogen-bond donors (Lipinski definition) is 0. The van der Waals surface area contributed by atoms with Gasteiger partial charge in [0, 0.05) is 10.0 Å². The zero-order valence-electron chi connectivity index (χ0n) is 21.0. The van der Waals surface area contributed by atoms with Gasteiger partial charge in [-0.25, -0.2) is 9.79 Å². The van der Waals surface area contributed by atoms with Crippen molar-refractivity contribution < 1.29 is 19.0 Å². The second kappa shape index (κ2) is 11.4. The van der Waals surface area contributed by atoms with Gasteiger partial charge >= 0.3 is 5.97 Å². The van der Waals surface area contributed by atoms with Gasteiger partial charge in [0.1, 0.15) is 11.5 Å². The third-order valence-electron chi connectivity index (χ3n) is 5.63. The van der Waals surface area contributed by atoms with Crippen molar-refractivity contribution in [1.29, 1.82) is 0 Å². The molecule has 0 spiro atoms. The number of methoxy groups -OCH3 is 1. The van der Waals surface area contributed by atoms with Gasteiger partial charge in [0.2, 0.25) is 0 Å². The molecule has 0 radical (unpaired) electrons. The van der Waals surface area contributed by atoms with Crippen LogP contribution in [0.4, 0.5) is 0 Å². The van der Waals surface area contributed by atoms with Crippen LogP contribution in [0, 0.1) is 0 Å². The highest BCUT2D eigenvalue weighted by molar-refractivity contribution is 9.10. The topological polar surface area (TPSA) is 79.1 Å². The Hall–Kier alpha value is -2.69. The third kappa shape index (κ3) is 5.61. The van der Waals surface area contributed by atoms with E-state index in [-0.39, 0.29) is 18.3 Å². The number of nitrogens with zero attached hydrogens (tertiary/aromatic N) is 2. The molecule has 0 saturated carbocycles. The Morgan fingerprint density at radius 3 is 2.57 bits per heavy atom. The van der Waals surface area contributed by atoms with Crippen molar-refractivity contribution in [1.82, 2.24) is 4.57 Å². The van der Waals surface area contributed by atoms with Gasteiger partial charge in [-0.3, -0.25) is 9.36 Å². The van der Waals surface area contributed by atoms with Gasteiger partial charge in [0.15, 0.2) is 4.80 Å². The van der Waals surface area contributed by atoms with E-state index in [0.717, 1.165) is 15.6 Å². The first-order valence-electron chi connectivity index (χ1n) is 11.6. The van der Waals surface area contributed by atoms with Gasteiger partial charge in [-0.2, -0.15) is 0 Å². The Bertz CT molecular complexity index is 1570. The van der Waals surface area contributed by atoms with E-state index in [9.17, 15) is 9.59 Å². The minimum absolute atomic E-state index is 0.0298. The molecule has 2 heterocycles. The monoisotopic (exact) mass is 648 g/mol. The van der Waals surface area contributed by atoms with Crippen LogP contribution < -0.4 is 24.4 Å². The fourth-order valence-electron chi connectivity index (χ4n) is 4.09. The Balaban J connectivity index is 1.96. The van der Waals surface area contributed by atoms with Crippen molar-refractivity contribution in [2.45, 2.75) is 39.8 Å². The summed E-state index contributed by atoms with van der Waals surface area (Å²) in [6.45, 7) is 7.62. The highest BCUT2D eigenvalue weighted by atomic mass is 79.9. The van der Waals surface area contributed by atoms with Crippen LogP contribution in [-0.2, 0) is 9.53 Å². The summed E-state index contributed by atoms with van der Waals surface area (Å²) in [4.78, 5) is 32.1. The number of carbonyl (C=O) groups excluding carboxylic acids is 1. The molecule has 0 saturated heterocycles. The molecular weight excluding hydrogens is 624 g/mol. The fourth-order valence-corrected chi connectivity index (χ4v) is 6.07. The van der Waals surface area contributed by atoms with Crippen LogP contribution in [0.1, 0.15) is 44.9 Å². The van der Waals surface area contributed by atoms with Gasteiger partial charge in [-0.1, -0.05) is 33.3 Å². The van der Waals surface area contributed by atoms with E-state index < -0.39 is 12.0 Å². The number of ether oxygens (including phenoxy) is 3. The molecule has 7 nitrogen and oxygen atoms in total. The molecule has 0 N–H and O–H groups in total. The Kier molecular flexibility index (Phi) is 8.40. The molecule has 0 fully saturated rings.